The third-order valence-corrected chi connectivity index (χ3v) is 5.42. The van der Waals surface area contributed by atoms with E-state index in [1.165, 1.54) is 0 Å². The number of fused-ring (bicyclic) bond motifs is 1. The first-order chi connectivity index (χ1) is 13.2. The van der Waals surface area contributed by atoms with E-state index in [1.54, 1.807) is 6.07 Å². The molecule has 0 radical (unpaired) electrons. The Morgan fingerprint density at radius 3 is 2.59 bits per heavy atom. The van der Waals surface area contributed by atoms with Crippen molar-refractivity contribution in [1.82, 2.24) is 14.5 Å². The zero-order chi connectivity index (χ0) is 18.6. The van der Waals surface area contributed by atoms with Gasteiger partial charge in [-0.1, -0.05) is 23.2 Å². The van der Waals surface area contributed by atoms with Crippen LogP contribution in [0.25, 0.3) is 11.2 Å². The predicted molar refractivity (Wildman–Crippen MR) is 101 cm³/mol. The summed E-state index contributed by atoms with van der Waals surface area (Å²) < 4.78 is 25.0. The Kier molecular flexibility index (Phi) is 6.35. The summed E-state index contributed by atoms with van der Waals surface area (Å²) in [6.45, 7) is 2.24. The molecule has 2 unspecified atom stereocenters. The first-order valence-corrected chi connectivity index (χ1v) is 10.2. The van der Waals surface area contributed by atoms with E-state index in [0.29, 0.717) is 42.0 Å². The highest BCUT2D eigenvalue weighted by Crippen LogP contribution is 2.33. The summed E-state index contributed by atoms with van der Waals surface area (Å²) in [5, 5.41) is 0.605. The fourth-order valence-corrected chi connectivity index (χ4v) is 3.68. The maximum Gasteiger partial charge on any atom is 0.300 e. The van der Waals surface area contributed by atoms with E-state index in [0.717, 1.165) is 45.1 Å². The summed E-state index contributed by atoms with van der Waals surface area (Å²) >= 11 is 12.2. The second kappa shape index (κ2) is 8.92. The van der Waals surface area contributed by atoms with Gasteiger partial charge < -0.3 is 18.9 Å². The quantitative estimate of drug-likeness (QED) is 0.515. The van der Waals surface area contributed by atoms with Crippen molar-refractivity contribution in [3.8, 4) is 6.01 Å². The van der Waals surface area contributed by atoms with Gasteiger partial charge in [-0.15, -0.1) is 0 Å². The summed E-state index contributed by atoms with van der Waals surface area (Å²) in [4.78, 5) is 8.94. The Morgan fingerprint density at radius 2 is 1.85 bits per heavy atom. The molecular formula is C18H23Cl2N3O4. The molecule has 2 fully saturated rings. The van der Waals surface area contributed by atoms with Crippen LogP contribution in [0.3, 0.4) is 0 Å². The van der Waals surface area contributed by atoms with Crippen LogP contribution in [0.5, 0.6) is 6.01 Å². The molecule has 2 aliphatic heterocycles. The van der Waals surface area contributed by atoms with Crippen LogP contribution in [-0.2, 0) is 14.2 Å². The van der Waals surface area contributed by atoms with Crippen molar-refractivity contribution < 1.29 is 18.9 Å². The minimum absolute atomic E-state index is 0.137. The monoisotopic (exact) mass is 415 g/mol. The van der Waals surface area contributed by atoms with Gasteiger partial charge in [-0.25, -0.2) is 4.98 Å². The summed E-state index contributed by atoms with van der Waals surface area (Å²) in [7, 11) is 0. The fourth-order valence-electron chi connectivity index (χ4n) is 3.40. The van der Waals surface area contributed by atoms with Crippen LogP contribution in [-0.4, -0.2) is 47.3 Å². The van der Waals surface area contributed by atoms with E-state index < -0.39 is 0 Å². The van der Waals surface area contributed by atoms with Crippen LogP contribution >= 0.6 is 23.2 Å². The smallest absolute Gasteiger partial charge is 0.300 e. The molecule has 148 valence electrons. The van der Waals surface area contributed by atoms with Gasteiger partial charge in [0.25, 0.3) is 0 Å². The first-order valence-electron chi connectivity index (χ1n) is 9.44. The number of rotatable bonds is 6. The van der Waals surface area contributed by atoms with Crippen molar-refractivity contribution in [2.24, 2.45) is 0 Å². The SMILES string of the molecule is Clc1cc2nc(OCCOC3CCCCO3)n(C3CCCCO3)c2nc1Cl. The van der Waals surface area contributed by atoms with Crippen molar-refractivity contribution >= 4 is 34.4 Å². The van der Waals surface area contributed by atoms with E-state index in [9.17, 15) is 0 Å². The summed E-state index contributed by atoms with van der Waals surface area (Å²) in [6.07, 6.45) is 5.84. The lowest BCUT2D eigenvalue weighted by Gasteiger charge is -2.25. The minimum atomic E-state index is -0.175. The van der Waals surface area contributed by atoms with Gasteiger partial charge in [0.2, 0.25) is 0 Å². The molecule has 4 heterocycles. The molecule has 2 aromatic rings. The Morgan fingerprint density at radius 1 is 1.04 bits per heavy atom. The highest BCUT2D eigenvalue weighted by atomic mass is 35.5. The van der Waals surface area contributed by atoms with Gasteiger partial charge in [-0.3, -0.25) is 4.57 Å². The largest absolute Gasteiger partial charge is 0.462 e. The Balaban J connectivity index is 1.49. The highest BCUT2D eigenvalue weighted by Gasteiger charge is 2.25. The minimum Gasteiger partial charge on any atom is -0.462 e. The van der Waals surface area contributed by atoms with Gasteiger partial charge >= 0.3 is 6.01 Å². The summed E-state index contributed by atoms with van der Waals surface area (Å²) in [5.41, 5.74) is 1.24. The molecule has 2 saturated heterocycles. The number of pyridine rings is 1. The maximum absolute atomic E-state index is 6.12. The van der Waals surface area contributed by atoms with Crippen molar-refractivity contribution in [2.45, 2.75) is 51.0 Å². The van der Waals surface area contributed by atoms with Crippen LogP contribution in [0, 0.1) is 0 Å². The van der Waals surface area contributed by atoms with Gasteiger partial charge in [0.05, 0.1) is 11.6 Å². The average Bonchev–Trinajstić information content (AvgIpc) is 3.04. The van der Waals surface area contributed by atoms with Crippen molar-refractivity contribution in [3.63, 3.8) is 0 Å². The number of ether oxygens (including phenoxy) is 4. The van der Waals surface area contributed by atoms with Crippen LogP contribution < -0.4 is 4.74 Å². The number of hydrogen-bond acceptors (Lipinski definition) is 6. The van der Waals surface area contributed by atoms with Crippen molar-refractivity contribution in [2.75, 3.05) is 26.4 Å². The predicted octanol–water partition coefficient (Wildman–Crippen LogP) is 4.36. The van der Waals surface area contributed by atoms with Gasteiger partial charge in [0, 0.05) is 13.2 Å². The number of aromatic nitrogens is 3. The summed E-state index contributed by atoms with van der Waals surface area (Å²) in [6, 6.07) is 2.14. The molecule has 2 aliphatic rings. The normalized spacial score (nSPS) is 23.6. The van der Waals surface area contributed by atoms with Crippen LogP contribution in [0.4, 0.5) is 0 Å². The lowest BCUT2D eigenvalue weighted by atomic mass is 10.2. The molecule has 0 N–H and O–H groups in total. The summed E-state index contributed by atoms with van der Waals surface area (Å²) in [5.74, 6) is 0. The third-order valence-electron chi connectivity index (χ3n) is 4.74. The Hall–Kier alpha value is -1.12. The van der Waals surface area contributed by atoms with Gasteiger partial charge in [-0.2, -0.15) is 4.98 Å². The molecule has 0 aromatic carbocycles. The van der Waals surface area contributed by atoms with Crippen molar-refractivity contribution in [1.29, 1.82) is 0 Å². The number of halogens is 2. The molecule has 2 aromatic heterocycles. The number of imidazole rings is 1. The van der Waals surface area contributed by atoms with Crippen LogP contribution in [0.2, 0.25) is 10.2 Å². The fraction of sp³-hybridized carbons (Fsp3) is 0.667. The van der Waals surface area contributed by atoms with Crippen molar-refractivity contribution in [3.05, 3.63) is 16.2 Å². The highest BCUT2D eigenvalue weighted by molar-refractivity contribution is 6.41. The van der Waals surface area contributed by atoms with Gasteiger partial charge in [0.15, 0.2) is 11.9 Å². The molecule has 0 bridgehead atoms. The molecule has 7 nitrogen and oxygen atoms in total. The van der Waals surface area contributed by atoms with E-state index >= 15 is 0 Å². The molecule has 0 aliphatic carbocycles. The zero-order valence-corrected chi connectivity index (χ0v) is 16.5. The second-order valence-electron chi connectivity index (χ2n) is 6.70. The molecule has 2 atom stereocenters. The molecule has 0 spiro atoms. The lowest BCUT2D eigenvalue weighted by Crippen LogP contribution is -2.25. The van der Waals surface area contributed by atoms with E-state index in [1.807, 2.05) is 4.57 Å². The molecule has 4 rings (SSSR count). The molecule has 0 amide bonds. The van der Waals surface area contributed by atoms with E-state index in [-0.39, 0.29) is 17.7 Å². The molecular weight excluding hydrogens is 393 g/mol. The zero-order valence-electron chi connectivity index (χ0n) is 15.0. The Bertz CT molecular complexity index is 774. The number of nitrogens with zero attached hydrogens (tertiary/aromatic N) is 3. The second-order valence-corrected chi connectivity index (χ2v) is 7.47. The van der Waals surface area contributed by atoms with Crippen LogP contribution in [0.1, 0.15) is 44.8 Å². The van der Waals surface area contributed by atoms with Gasteiger partial charge in [-0.05, 0) is 44.6 Å². The van der Waals surface area contributed by atoms with E-state index in [2.05, 4.69) is 9.97 Å². The average molecular weight is 416 g/mol. The third kappa shape index (κ3) is 4.49. The van der Waals surface area contributed by atoms with E-state index in [4.69, 9.17) is 42.1 Å². The Labute approximate surface area is 167 Å². The van der Waals surface area contributed by atoms with Crippen LogP contribution in [0.15, 0.2) is 6.07 Å². The lowest BCUT2D eigenvalue weighted by molar-refractivity contribution is -0.165. The molecule has 27 heavy (non-hydrogen) atoms. The topological polar surface area (TPSA) is 67.6 Å². The molecule has 0 saturated carbocycles. The number of hydrogen-bond donors (Lipinski definition) is 0. The standard InChI is InChI=1S/C18H23Cl2N3O4/c19-12-11-13-17(22-16(12)20)23(14-5-1-3-7-24-14)18(21-13)27-10-9-26-15-6-2-4-8-25-15/h11,14-15H,1-10H2. The maximum atomic E-state index is 6.12. The first kappa shape index (κ1) is 19.2. The van der Waals surface area contributed by atoms with Gasteiger partial charge in [0.1, 0.15) is 23.5 Å². The molecule has 9 heteroatoms.